The summed E-state index contributed by atoms with van der Waals surface area (Å²) >= 11 is 1.45. The number of nitriles is 1. The van der Waals surface area contributed by atoms with Crippen LogP contribution in [0.4, 0.5) is 5.00 Å². The Balaban J connectivity index is 1.38. The number of thiophene rings is 1. The second-order valence-electron chi connectivity index (χ2n) is 7.33. The van der Waals surface area contributed by atoms with Gasteiger partial charge in [0.25, 0.3) is 5.91 Å². The third kappa shape index (κ3) is 4.66. The monoisotopic (exact) mass is 446 g/mol. The minimum Gasteiger partial charge on any atom is -0.484 e. The van der Waals surface area contributed by atoms with Crippen LogP contribution >= 0.6 is 11.3 Å². The highest BCUT2D eigenvalue weighted by Crippen LogP contribution is 2.39. The minimum atomic E-state index is -0.387. The van der Waals surface area contributed by atoms with Crippen molar-refractivity contribution in [3.8, 4) is 22.9 Å². The fourth-order valence-corrected chi connectivity index (χ4v) is 5.00. The molecule has 0 unspecified atom stereocenters. The fraction of sp³-hybridized carbons (Fsp3) is 0.240. The van der Waals surface area contributed by atoms with E-state index >= 15 is 0 Å². The van der Waals surface area contributed by atoms with Crippen LogP contribution in [0.15, 0.2) is 48.5 Å². The first kappa shape index (κ1) is 21.6. The Labute approximate surface area is 190 Å². The summed E-state index contributed by atoms with van der Waals surface area (Å²) in [5.74, 6) is -0.148. The maximum Gasteiger partial charge on any atom is 0.341 e. The average Bonchev–Trinajstić information content (AvgIpc) is 3.39. The quantitative estimate of drug-likeness (QED) is 0.518. The first-order valence-corrected chi connectivity index (χ1v) is 11.3. The highest BCUT2D eigenvalue weighted by atomic mass is 32.1. The molecule has 0 atom stereocenters. The molecular formula is C25H22N2O4S. The molecule has 0 radical (unpaired) electrons. The molecule has 0 saturated carbocycles. The van der Waals surface area contributed by atoms with Gasteiger partial charge in [0.1, 0.15) is 10.8 Å². The van der Waals surface area contributed by atoms with Crippen LogP contribution in [0.5, 0.6) is 5.75 Å². The van der Waals surface area contributed by atoms with E-state index in [4.69, 9.17) is 14.7 Å². The summed E-state index contributed by atoms with van der Waals surface area (Å²) in [6, 6.07) is 16.8. The molecule has 1 aliphatic carbocycles. The number of rotatable bonds is 7. The number of nitrogens with one attached hydrogen (secondary N) is 1. The molecule has 2 aromatic carbocycles. The van der Waals surface area contributed by atoms with Gasteiger partial charge < -0.3 is 14.8 Å². The van der Waals surface area contributed by atoms with Crippen molar-refractivity contribution in [3.05, 3.63) is 70.1 Å². The molecule has 0 fully saturated rings. The van der Waals surface area contributed by atoms with E-state index in [1.165, 1.54) is 11.3 Å². The number of hydrogen-bond acceptors (Lipinski definition) is 6. The summed E-state index contributed by atoms with van der Waals surface area (Å²) in [7, 11) is 0. The number of ether oxygens (including phenoxy) is 2. The molecule has 32 heavy (non-hydrogen) atoms. The average molecular weight is 447 g/mol. The van der Waals surface area contributed by atoms with E-state index in [0.717, 1.165) is 40.8 Å². The lowest BCUT2D eigenvalue weighted by atomic mass is 10.0. The molecule has 6 nitrogen and oxygen atoms in total. The van der Waals surface area contributed by atoms with Crippen molar-refractivity contribution in [3.63, 3.8) is 0 Å². The SMILES string of the molecule is CCOC(=O)c1c(NC(=O)COc2ccc(-c3ccc(C#N)cc3)cc2)sc2c1CCC2. The Morgan fingerprint density at radius 3 is 2.41 bits per heavy atom. The van der Waals surface area contributed by atoms with Gasteiger partial charge in [-0.3, -0.25) is 4.79 Å². The second-order valence-corrected chi connectivity index (χ2v) is 8.44. The van der Waals surface area contributed by atoms with Crippen molar-refractivity contribution in [1.29, 1.82) is 5.26 Å². The van der Waals surface area contributed by atoms with Gasteiger partial charge in [-0.15, -0.1) is 11.3 Å². The smallest absolute Gasteiger partial charge is 0.341 e. The first-order valence-electron chi connectivity index (χ1n) is 10.4. The molecule has 0 aliphatic heterocycles. The van der Waals surface area contributed by atoms with E-state index in [0.29, 0.717) is 28.5 Å². The number of carbonyl (C=O) groups is 2. The predicted octanol–water partition coefficient (Wildman–Crippen LogP) is 4.97. The zero-order valence-electron chi connectivity index (χ0n) is 17.6. The molecule has 7 heteroatoms. The van der Waals surface area contributed by atoms with Crippen LogP contribution in [0.1, 0.15) is 39.7 Å². The van der Waals surface area contributed by atoms with Gasteiger partial charge in [0, 0.05) is 4.88 Å². The predicted molar refractivity (Wildman–Crippen MR) is 123 cm³/mol. The normalized spacial score (nSPS) is 12.0. The van der Waals surface area contributed by atoms with Gasteiger partial charge in [-0.25, -0.2) is 4.79 Å². The molecule has 0 spiro atoms. The maximum absolute atomic E-state index is 12.5. The lowest BCUT2D eigenvalue weighted by molar-refractivity contribution is -0.118. The highest BCUT2D eigenvalue weighted by Gasteiger charge is 2.28. The summed E-state index contributed by atoms with van der Waals surface area (Å²) in [5, 5.41) is 12.3. The van der Waals surface area contributed by atoms with Gasteiger partial charge >= 0.3 is 5.97 Å². The van der Waals surface area contributed by atoms with Gasteiger partial charge in [0.2, 0.25) is 0 Å². The number of fused-ring (bicyclic) bond motifs is 1. The summed E-state index contributed by atoms with van der Waals surface area (Å²) in [5.41, 5.74) is 4.08. The highest BCUT2D eigenvalue weighted by molar-refractivity contribution is 7.17. The Kier molecular flexibility index (Phi) is 6.52. The number of nitrogens with zero attached hydrogens (tertiary/aromatic N) is 1. The molecule has 1 heterocycles. The van der Waals surface area contributed by atoms with E-state index in [-0.39, 0.29) is 18.5 Å². The van der Waals surface area contributed by atoms with Crippen LogP contribution in [-0.4, -0.2) is 25.1 Å². The summed E-state index contributed by atoms with van der Waals surface area (Å²) in [6.45, 7) is 1.89. The molecule has 1 aromatic heterocycles. The number of carbonyl (C=O) groups excluding carboxylic acids is 2. The third-order valence-corrected chi connectivity index (χ3v) is 6.43. The molecule has 1 aliphatic rings. The molecule has 0 saturated heterocycles. The maximum atomic E-state index is 12.5. The van der Waals surface area contributed by atoms with E-state index in [9.17, 15) is 9.59 Å². The number of benzene rings is 2. The van der Waals surface area contributed by atoms with Crippen molar-refractivity contribution in [2.75, 3.05) is 18.5 Å². The van der Waals surface area contributed by atoms with E-state index in [2.05, 4.69) is 11.4 Å². The van der Waals surface area contributed by atoms with Gasteiger partial charge in [0.05, 0.1) is 23.8 Å². The molecule has 162 valence electrons. The number of anilines is 1. The van der Waals surface area contributed by atoms with Crippen molar-refractivity contribution < 1.29 is 19.1 Å². The van der Waals surface area contributed by atoms with Crippen molar-refractivity contribution in [2.24, 2.45) is 0 Å². The number of aryl methyl sites for hydroxylation is 1. The van der Waals surface area contributed by atoms with E-state index < -0.39 is 0 Å². The number of esters is 1. The zero-order valence-corrected chi connectivity index (χ0v) is 18.5. The summed E-state index contributed by atoms with van der Waals surface area (Å²) < 4.78 is 10.8. The van der Waals surface area contributed by atoms with Crippen molar-refractivity contribution in [2.45, 2.75) is 26.2 Å². The molecule has 1 N–H and O–H groups in total. The van der Waals surface area contributed by atoms with Crippen LogP contribution in [0.25, 0.3) is 11.1 Å². The van der Waals surface area contributed by atoms with Crippen molar-refractivity contribution >= 4 is 28.2 Å². The lowest BCUT2D eigenvalue weighted by Crippen LogP contribution is -2.21. The molecule has 1 amide bonds. The topological polar surface area (TPSA) is 88.4 Å². The van der Waals surface area contributed by atoms with E-state index in [1.807, 2.05) is 24.3 Å². The van der Waals surface area contributed by atoms with Gasteiger partial charge in [-0.2, -0.15) is 5.26 Å². The molecular weight excluding hydrogens is 424 g/mol. The van der Waals surface area contributed by atoms with Crippen LogP contribution in [-0.2, 0) is 22.4 Å². The molecule has 4 rings (SSSR count). The van der Waals surface area contributed by atoms with Gasteiger partial charge in [-0.05, 0) is 67.1 Å². The number of amides is 1. The van der Waals surface area contributed by atoms with Crippen LogP contribution in [0, 0.1) is 11.3 Å². The fourth-order valence-electron chi connectivity index (χ4n) is 3.70. The van der Waals surface area contributed by atoms with Crippen LogP contribution in [0.3, 0.4) is 0 Å². The first-order chi connectivity index (χ1) is 15.6. The third-order valence-electron chi connectivity index (χ3n) is 5.23. The Morgan fingerprint density at radius 2 is 1.75 bits per heavy atom. The number of hydrogen-bond donors (Lipinski definition) is 1. The van der Waals surface area contributed by atoms with Crippen molar-refractivity contribution in [1.82, 2.24) is 0 Å². The Bertz CT molecular complexity index is 1170. The van der Waals surface area contributed by atoms with Gasteiger partial charge in [-0.1, -0.05) is 24.3 Å². The zero-order chi connectivity index (χ0) is 22.5. The standard InChI is InChI=1S/C25H22N2O4S/c1-2-30-25(29)23-20-4-3-5-21(20)32-24(23)27-22(28)15-31-19-12-10-18(11-13-19)17-8-6-16(14-26)7-9-17/h6-13H,2-5,15H2,1H3,(H,27,28). The summed E-state index contributed by atoms with van der Waals surface area (Å²) in [6.07, 6.45) is 2.77. The second kappa shape index (κ2) is 9.67. The van der Waals surface area contributed by atoms with E-state index in [1.54, 1.807) is 31.2 Å². The van der Waals surface area contributed by atoms with Crippen LogP contribution < -0.4 is 10.1 Å². The lowest BCUT2D eigenvalue weighted by Gasteiger charge is -2.10. The summed E-state index contributed by atoms with van der Waals surface area (Å²) in [4.78, 5) is 26.0. The largest absolute Gasteiger partial charge is 0.484 e. The van der Waals surface area contributed by atoms with Crippen LogP contribution in [0.2, 0.25) is 0 Å². The molecule has 3 aromatic rings. The molecule has 0 bridgehead atoms. The minimum absolute atomic E-state index is 0.166. The Hall–Kier alpha value is -3.63. The Morgan fingerprint density at radius 1 is 1.06 bits per heavy atom. The van der Waals surface area contributed by atoms with Gasteiger partial charge in [0.15, 0.2) is 6.61 Å².